The van der Waals surface area contributed by atoms with E-state index in [4.69, 9.17) is 0 Å². The van der Waals surface area contributed by atoms with E-state index in [1.165, 1.54) is 6.33 Å². The van der Waals surface area contributed by atoms with E-state index < -0.39 is 10.0 Å². The average molecular weight is 334 g/mol. The summed E-state index contributed by atoms with van der Waals surface area (Å²) in [7, 11) is -3.47. The van der Waals surface area contributed by atoms with Gasteiger partial charge < -0.3 is 0 Å². The number of aromatic nitrogens is 3. The van der Waals surface area contributed by atoms with E-state index in [0.717, 1.165) is 12.0 Å². The topological polar surface area (TPSA) is 68.1 Å². The summed E-state index contributed by atoms with van der Waals surface area (Å²) in [5.74, 6) is 0.938. The predicted octanol–water partition coefficient (Wildman–Crippen LogP) is 1.99. The molecule has 0 N–H and O–H groups in total. The zero-order valence-electron chi connectivity index (χ0n) is 13.5. The molecule has 1 aromatic heterocycles. The lowest BCUT2D eigenvalue weighted by molar-refractivity contribution is 0.388. The first-order chi connectivity index (χ1) is 11.0. The molecular weight excluding hydrogens is 312 g/mol. The van der Waals surface area contributed by atoms with Gasteiger partial charge in [0.1, 0.15) is 12.7 Å². The summed E-state index contributed by atoms with van der Waals surface area (Å²) >= 11 is 0. The summed E-state index contributed by atoms with van der Waals surface area (Å²) < 4.78 is 29.3. The molecule has 1 aliphatic heterocycles. The number of nitrogens with zero attached hydrogens (tertiary/aromatic N) is 4. The van der Waals surface area contributed by atoms with Crippen molar-refractivity contribution in [1.29, 1.82) is 0 Å². The second-order valence-electron chi connectivity index (χ2n) is 6.36. The molecule has 0 bridgehead atoms. The fourth-order valence-electron chi connectivity index (χ4n) is 3.03. The Balaban J connectivity index is 1.89. The molecule has 0 spiro atoms. The molecule has 1 aromatic carbocycles. The molecule has 3 rings (SSSR count). The van der Waals surface area contributed by atoms with Gasteiger partial charge in [0.2, 0.25) is 10.0 Å². The fraction of sp³-hybridized carbons (Fsp3) is 0.500. The first-order valence-corrected chi connectivity index (χ1v) is 9.33. The predicted molar refractivity (Wildman–Crippen MR) is 87.3 cm³/mol. The van der Waals surface area contributed by atoms with Crippen LogP contribution in [0.3, 0.4) is 0 Å². The lowest BCUT2D eigenvalue weighted by atomic mass is 9.96. The van der Waals surface area contributed by atoms with Gasteiger partial charge in [-0.3, -0.25) is 0 Å². The number of hydrogen-bond acceptors (Lipinski definition) is 4. The first-order valence-electron chi connectivity index (χ1n) is 7.89. The summed E-state index contributed by atoms with van der Waals surface area (Å²) in [5, 5.41) is 4.06. The van der Waals surface area contributed by atoms with Crippen molar-refractivity contribution in [1.82, 2.24) is 19.1 Å². The highest BCUT2D eigenvalue weighted by Gasteiger charge is 2.34. The summed E-state index contributed by atoms with van der Waals surface area (Å²) in [5.41, 5.74) is 0.742. The third-order valence-corrected chi connectivity index (χ3v) is 6.49. The Morgan fingerprint density at radius 2 is 2.09 bits per heavy atom. The first kappa shape index (κ1) is 16.1. The third-order valence-electron chi connectivity index (χ3n) is 4.52. The van der Waals surface area contributed by atoms with Crippen molar-refractivity contribution in [3.05, 3.63) is 42.5 Å². The summed E-state index contributed by atoms with van der Waals surface area (Å²) in [6.45, 7) is 5.91. The van der Waals surface area contributed by atoms with Gasteiger partial charge in [0, 0.05) is 13.1 Å². The van der Waals surface area contributed by atoms with Gasteiger partial charge in [-0.2, -0.15) is 9.40 Å². The van der Waals surface area contributed by atoms with Crippen LogP contribution >= 0.6 is 0 Å². The standard InChI is InChI=1S/C16H22N4O2S/c1-13(2)14-7-8-20(10-14)23(21,22)16-6-4-3-5-15(16)9-19-12-17-11-18-19/h3-6,11-14H,7-10H2,1-2H3. The number of hydrogen-bond donors (Lipinski definition) is 0. The molecule has 2 heterocycles. The SMILES string of the molecule is CC(C)C1CCN(S(=O)(=O)c2ccccc2Cn2cncn2)C1. The van der Waals surface area contributed by atoms with E-state index >= 15 is 0 Å². The van der Waals surface area contributed by atoms with E-state index in [2.05, 4.69) is 23.9 Å². The molecule has 0 amide bonds. The van der Waals surface area contributed by atoms with E-state index in [9.17, 15) is 8.42 Å². The summed E-state index contributed by atoms with van der Waals surface area (Å²) in [4.78, 5) is 4.28. The van der Waals surface area contributed by atoms with Crippen LogP contribution < -0.4 is 0 Å². The van der Waals surface area contributed by atoms with Crippen LogP contribution in [0.1, 0.15) is 25.8 Å². The van der Waals surface area contributed by atoms with Crippen LogP contribution in [0.15, 0.2) is 41.8 Å². The molecule has 1 atom stereocenters. The number of sulfonamides is 1. The lowest BCUT2D eigenvalue weighted by Gasteiger charge is -2.20. The smallest absolute Gasteiger partial charge is 0.243 e. The Morgan fingerprint density at radius 3 is 2.74 bits per heavy atom. The lowest BCUT2D eigenvalue weighted by Crippen LogP contribution is -2.30. The van der Waals surface area contributed by atoms with E-state index in [1.54, 1.807) is 27.4 Å². The molecule has 0 aliphatic carbocycles. The molecule has 0 radical (unpaired) electrons. The molecule has 1 saturated heterocycles. The highest BCUT2D eigenvalue weighted by atomic mass is 32.2. The summed E-state index contributed by atoms with van der Waals surface area (Å²) in [6, 6.07) is 7.15. The van der Waals surface area contributed by atoms with Crippen LogP contribution in [0, 0.1) is 11.8 Å². The number of rotatable bonds is 5. The molecule has 1 aliphatic rings. The monoisotopic (exact) mass is 334 g/mol. The van der Waals surface area contributed by atoms with Gasteiger partial charge in [-0.15, -0.1) is 0 Å². The van der Waals surface area contributed by atoms with Gasteiger partial charge in [-0.1, -0.05) is 32.0 Å². The maximum Gasteiger partial charge on any atom is 0.243 e. The Kier molecular flexibility index (Phi) is 4.50. The van der Waals surface area contributed by atoms with Crippen molar-refractivity contribution in [2.75, 3.05) is 13.1 Å². The Hall–Kier alpha value is -1.73. The van der Waals surface area contributed by atoms with Crippen LogP contribution in [-0.2, 0) is 16.6 Å². The molecule has 2 aromatic rings. The molecule has 7 heteroatoms. The van der Waals surface area contributed by atoms with Crippen LogP contribution in [0.25, 0.3) is 0 Å². The van der Waals surface area contributed by atoms with Crippen molar-refractivity contribution >= 4 is 10.0 Å². The molecule has 124 valence electrons. The van der Waals surface area contributed by atoms with Gasteiger partial charge in [-0.25, -0.2) is 18.1 Å². The minimum atomic E-state index is -3.47. The van der Waals surface area contributed by atoms with Gasteiger partial charge in [0.25, 0.3) is 0 Å². The van der Waals surface area contributed by atoms with Crippen molar-refractivity contribution in [2.24, 2.45) is 11.8 Å². The Labute approximate surface area is 137 Å². The third kappa shape index (κ3) is 3.30. The van der Waals surface area contributed by atoms with E-state index in [0.29, 0.717) is 36.4 Å². The maximum atomic E-state index is 13.0. The maximum absolute atomic E-state index is 13.0. The van der Waals surface area contributed by atoms with E-state index in [-0.39, 0.29) is 0 Å². The molecule has 0 saturated carbocycles. The molecule has 23 heavy (non-hydrogen) atoms. The van der Waals surface area contributed by atoms with E-state index in [1.807, 2.05) is 12.1 Å². The zero-order chi connectivity index (χ0) is 16.4. The van der Waals surface area contributed by atoms with Crippen LogP contribution in [0.4, 0.5) is 0 Å². The molecule has 1 fully saturated rings. The summed E-state index contributed by atoms with van der Waals surface area (Å²) in [6.07, 6.45) is 3.97. The van der Waals surface area contributed by atoms with Crippen LogP contribution in [-0.4, -0.2) is 40.6 Å². The Morgan fingerprint density at radius 1 is 1.30 bits per heavy atom. The highest BCUT2D eigenvalue weighted by Crippen LogP contribution is 2.30. The number of benzene rings is 1. The fourth-order valence-corrected chi connectivity index (χ4v) is 4.76. The van der Waals surface area contributed by atoms with Crippen molar-refractivity contribution < 1.29 is 8.42 Å². The van der Waals surface area contributed by atoms with Crippen LogP contribution in [0.2, 0.25) is 0 Å². The largest absolute Gasteiger partial charge is 0.249 e. The molecule has 1 unspecified atom stereocenters. The minimum absolute atomic E-state index is 0.375. The van der Waals surface area contributed by atoms with Gasteiger partial charge in [0.15, 0.2) is 0 Å². The van der Waals surface area contributed by atoms with Crippen molar-refractivity contribution in [3.63, 3.8) is 0 Å². The quantitative estimate of drug-likeness (QED) is 0.838. The Bertz CT molecular complexity index is 756. The van der Waals surface area contributed by atoms with Gasteiger partial charge >= 0.3 is 0 Å². The van der Waals surface area contributed by atoms with Gasteiger partial charge in [-0.05, 0) is 29.9 Å². The second-order valence-corrected chi connectivity index (χ2v) is 8.26. The highest BCUT2D eigenvalue weighted by molar-refractivity contribution is 7.89. The molecule has 6 nitrogen and oxygen atoms in total. The second kappa shape index (κ2) is 6.41. The van der Waals surface area contributed by atoms with Crippen LogP contribution in [0.5, 0.6) is 0 Å². The van der Waals surface area contributed by atoms with Crippen molar-refractivity contribution in [2.45, 2.75) is 31.7 Å². The normalized spacial score (nSPS) is 19.5. The molecular formula is C16H22N4O2S. The average Bonchev–Trinajstić information content (AvgIpc) is 3.19. The van der Waals surface area contributed by atoms with Crippen molar-refractivity contribution in [3.8, 4) is 0 Å². The minimum Gasteiger partial charge on any atom is -0.249 e. The van der Waals surface area contributed by atoms with Gasteiger partial charge in [0.05, 0.1) is 11.4 Å². The zero-order valence-corrected chi connectivity index (χ0v) is 14.3.